The van der Waals surface area contributed by atoms with Crippen LogP contribution in [-0.4, -0.2) is 42.3 Å². The van der Waals surface area contributed by atoms with Crippen LogP contribution in [0.4, 0.5) is 0 Å². The third-order valence-electron chi connectivity index (χ3n) is 6.21. The van der Waals surface area contributed by atoms with Gasteiger partial charge in [0.05, 0.1) is 5.56 Å². The first-order valence-corrected chi connectivity index (χ1v) is 13.2. The van der Waals surface area contributed by atoms with Gasteiger partial charge in [0.1, 0.15) is 34.2 Å². The fourth-order valence-corrected chi connectivity index (χ4v) is 4.84. The summed E-state index contributed by atoms with van der Waals surface area (Å²) >= 11 is 0. The van der Waals surface area contributed by atoms with Crippen LogP contribution in [0.2, 0.25) is 0 Å². The Bertz CT molecular complexity index is 1440. The third kappa shape index (κ3) is 5.70. The molecular weight excluding hydrogens is 528 g/mol. The molecule has 3 aromatic carbocycles. The molecule has 0 unspecified atom stereocenters. The minimum atomic E-state index is -1.29. The Morgan fingerprint density at radius 2 is 1.20 bits per heavy atom. The van der Waals surface area contributed by atoms with E-state index in [2.05, 4.69) is 0 Å². The van der Waals surface area contributed by atoms with E-state index in [0.29, 0.717) is 45.3 Å². The Labute approximate surface area is 238 Å². The van der Waals surface area contributed by atoms with Crippen molar-refractivity contribution in [1.29, 1.82) is 0 Å². The molecule has 3 aromatic rings. The molecule has 0 aromatic heterocycles. The number of carbonyl (C=O) groups excluding carboxylic acids is 3. The zero-order chi connectivity index (χ0) is 29.6. The number of hydrogen-bond acceptors (Lipinski definition) is 9. The van der Waals surface area contributed by atoms with Crippen molar-refractivity contribution in [2.24, 2.45) is 0 Å². The Kier molecular flexibility index (Phi) is 6.93. The molecule has 2 aliphatic heterocycles. The normalized spacial score (nSPS) is 14.6. The van der Waals surface area contributed by atoms with Crippen LogP contribution in [0.5, 0.6) is 23.0 Å². The van der Waals surface area contributed by atoms with Crippen LogP contribution >= 0.6 is 0 Å². The molecule has 0 saturated heterocycles. The zero-order valence-corrected chi connectivity index (χ0v) is 23.9. The molecule has 0 atom stereocenters. The molecule has 0 bridgehead atoms. The summed E-state index contributed by atoms with van der Waals surface area (Å²) in [6.45, 7) is 10.1. The lowest BCUT2D eigenvalue weighted by molar-refractivity contribution is -0.158. The largest absolute Gasteiger partial charge is 0.482 e. The number of hydrogen-bond donors (Lipinski definition) is 0. The number of esters is 3. The molecule has 9 heteroatoms. The minimum absolute atomic E-state index is 0.293. The van der Waals surface area contributed by atoms with E-state index < -0.39 is 34.7 Å². The average Bonchev–Trinajstić information content (AvgIpc) is 3.17. The van der Waals surface area contributed by atoms with Gasteiger partial charge < -0.3 is 28.4 Å². The van der Waals surface area contributed by atoms with Gasteiger partial charge in [0.15, 0.2) is 18.8 Å². The summed E-state index contributed by atoms with van der Waals surface area (Å²) < 4.78 is 34.5. The summed E-state index contributed by atoms with van der Waals surface area (Å²) in [7, 11) is 0. The highest BCUT2D eigenvalue weighted by atomic mass is 16.6. The summed E-state index contributed by atoms with van der Waals surface area (Å²) in [6, 6.07) is 17.3. The average molecular weight is 561 g/mol. The Morgan fingerprint density at radius 3 is 1.68 bits per heavy atom. The highest BCUT2D eigenvalue weighted by Crippen LogP contribution is 2.57. The Balaban J connectivity index is 1.50. The number of fused-ring (bicyclic) bond motifs is 6. The van der Waals surface area contributed by atoms with Gasteiger partial charge in [0.2, 0.25) is 0 Å². The number of ether oxygens (including phenoxy) is 6. The van der Waals surface area contributed by atoms with Crippen molar-refractivity contribution in [3.8, 4) is 23.0 Å². The molecule has 0 radical (unpaired) electrons. The second-order valence-electron chi connectivity index (χ2n) is 11.8. The highest BCUT2D eigenvalue weighted by Gasteiger charge is 2.53. The fraction of sp³-hybridized carbons (Fsp3) is 0.344. The summed E-state index contributed by atoms with van der Waals surface area (Å²) in [4.78, 5) is 37.5. The summed E-state index contributed by atoms with van der Waals surface area (Å²) in [5, 5.41) is 0. The molecule has 0 aliphatic carbocycles. The molecule has 0 saturated carbocycles. The third-order valence-corrected chi connectivity index (χ3v) is 6.21. The Hall–Kier alpha value is -4.53. The van der Waals surface area contributed by atoms with E-state index in [9.17, 15) is 14.4 Å². The van der Waals surface area contributed by atoms with Crippen molar-refractivity contribution in [2.75, 3.05) is 13.2 Å². The predicted molar refractivity (Wildman–Crippen MR) is 147 cm³/mol. The van der Waals surface area contributed by atoms with Crippen LogP contribution in [0.3, 0.4) is 0 Å². The maximum Gasteiger partial charge on any atom is 0.344 e. The molecule has 5 rings (SSSR count). The quantitative estimate of drug-likeness (QED) is 0.277. The lowest BCUT2D eigenvalue weighted by Gasteiger charge is -2.36. The molecule has 214 valence electrons. The second kappa shape index (κ2) is 10.1. The van der Waals surface area contributed by atoms with E-state index in [1.807, 2.05) is 12.1 Å². The molecule has 1 spiro atoms. The van der Waals surface area contributed by atoms with Crippen LogP contribution in [-0.2, 0) is 29.4 Å². The van der Waals surface area contributed by atoms with E-state index in [1.54, 1.807) is 90.1 Å². The summed E-state index contributed by atoms with van der Waals surface area (Å²) in [5.74, 6) is -0.0195. The van der Waals surface area contributed by atoms with Gasteiger partial charge in [0, 0.05) is 28.8 Å². The first kappa shape index (κ1) is 28.0. The standard InChI is InChI=1S/C32H32O9/c1-30(2,3)39-27(33)17-36-19-11-13-23-25(15-19)38-26-16-20(37-18-28(34)40-31(4,5)6)12-14-24(26)32(23)22-10-8-7-9-21(22)29(35)41-32/h7-16H,17-18H2,1-6H3. The molecule has 0 amide bonds. The summed E-state index contributed by atoms with van der Waals surface area (Å²) in [6.07, 6.45) is 0. The van der Waals surface area contributed by atoms with Crippen LogP contribution in [0.1, 0.15) is 68.6 Å². The predicted octanol–water partition coefficient (Wildman–Crippen LogP) is 5.70. The molecule has 0 fully saturated rings. The number of rotatable bonds is 6. The number of carbonyl (C=O) groups is 3. The van der Waals surface area contributed by atoms with Gasteiger partial charge in [-0.05, 0) is 71.9 Å². The van der Waals surface area contributed by atoms with Crippen LogP contribution in [0, 0.1) is 0 Å². The van der Waals surface area contributed by atoms with Crippen LogP contribution < -0.4 is 14.2 Å². The lowest BCUT2D eigenvalue weighted by atomic mass is 9.77. The van der Waals surface area contributed by atoms with E-state index in [4.69, 9.17) is 28.4 Å². The van der Waals surface area contributed by atoms with Gasteiger partial charge in [-0.3, -0.25) is 0 Å². The van der Waals surface area contributed by atoms with E-state index in [1.165, 1.54) is 0 Å². The molecule has 0 N–H and O–H groups in total. The topological polar surface area (TPSA) is 107 Å². The maximum atomic E-state index is 13.1. The van der Waals surface area contributed by atoms with Crippen LogP contribution in [0.15, 0.2) is 60.7 Å². The summed E-state index contributed by atoms with van der Waals surface area (Å²) in [5.41, 5.74) is -0.269. The van der Waals surface area contributed by atoms with Gasteiger partial charge in [-0.2, -0.15) is 0 Å². The molecule has 41 heavy (non-hydrogen) atoms. The maximum absolute atomic E-state index is 13.1. The first-order chi connectivity index (χ1) is 19.2. The number of benzene rings is 3. The van der Waals surface area contributed by atoms with E-state index in [-0.39, 0.29) is 13.2 Å². The van der Waals surface area contributed by atoms with Crippen molar-refractivity contribution in [3.63, 3.8) is 0 Å². The first-order valence-electron chi connectivity index (χ1n) is 13.2. The molecular formula is C32H32O9. The van der Waals surface area contributed by atoms with Gasteiger partial charge in [-0.25, -0.2) is 14.4 Å². The van der Waals surface area contributed by atoms with Crippen LogP contribution in [0.25, 0.3) is 0 Å². The van der Waals surface area contributed by atoms with E-state index in [0.717, 1.165) is 0 Å². The minimum Gasteiger partial charge on any atom is -0.482 e. The zero-order valence-electron chi connectivity index (χ0n) is 23.9. The fourth-order valence-electron chi connectivity index (χ4n) is 4.84. The van der Waals surface area contributed by atoms with Crippen molar-refractivity contribution < 1.29 is 42.8 Å². The smallest absolute Gasteiger partial charge is 0.344 e. The van der Waals surface area contributed by atoms with Gasteiger partial charge in [-0.1, -0.05) is 18.2 Å². The van der Waals surface area contributed by atoms with Crippen molar-refractivity contribution in [1.82, 2.24) is 0 Å². The molecule has 2 aliphatic rings. The molecule has 2 heterocycles. The molecule has 9 nitrogen and oxygen atoms in total. The van der Waals surface area contributed by atoms with E-state index >= 15 is 0 Å². The van der Waals surface area contributed by atoms with Gasteiger partial charge >= 0.3 is 17.9 Å². The van der Waals surface area contributed by atoms with Crippen molar-refractivity contribution in [3.05, 3.63) is 82.9 Å². The van der Waals surface area contributed by atoms with Crippen molar-refractivity contribution in [2.45, 2.75) is 58.3 Å². The SMILES string of the molecule is CC(C)(C)OC(=O)COc1ccc2c(c1)Oc1cc(OCC(=O)OC(C)(C)C)ccc1C21OC(=O)c2ccccc21. The Morgan fingerprint density at radius 1 is 0.707 bits per heavy atom. The monoisotopic (exact) mass is 560 g/mol. The lowest BCUT2D eigenvalue weighted by Crippen LogP contribution is -2.33. The van der Waals surface area contributed by atoms with Crippen molar-refractivity contribution >= 4 is 17.9 Å². The van der Waals surface area contributed by atoms with Gasteiger partial charge in [-0.15, -0.1) is 0 Å². The second-order valence-corrected chi connectivity index (χ2v) is 11.8. The van der Waals surface area contributed by atoms with Gasteiger partial charge in [0.25, 0.3) is 0 Å². The highest BCUT2D eigenvalue weighted by molar-refractivity contribution is 5.97.